The largest absolute Gasteiger partial charge is 0.388 e. The van der Waals surface area contributed by atoms with E-state index in [-0.39, 0.29) is 17.5 Å². The molecule has 0 aliphatic heterocycles. The van der Waals surface area contributed by atoms with Gasteiger partial charge in [0, 0.05) is 18.1 Å². The van der Waals surface area contributed by atoms with Crippen molar-refractivity contribution in [3.63, 3.8) is 0 Å². The van der Waals surface area contributed by atoms with Gasteiger partial charge in [-0.2, -0.15) is 0 Å². The Balaban J connectivity index is 2.28. The summed E-state index contributed by atoms with van der Waals surface area (Å²) in [5.41, 5.74) is -0.193. The fourth-order valence-electron chi connectivity index (χ4n) is 1.86. The average Bonchev–Trinajstić information content (AvgIpc) is 2.32. The van der Waals surface area contributed by atoms with Gasteiger partial charge in [0.25, 0.3) is 0 Å². The van der Waals surface area contributed by atoms with Gasteiger partial charge < -0.3 is 5.11 Å². The SMILES string of the molecule is OC(Cc1cc(F)cc(F)c1)c1cc(F)c(Cl)cc1F. The van der Waals surface area contributed by atoms with Crippen molar-refractivity contribution in [2.45, 2.75) is 12.5 Å². The topological polar surface area (TPSA) is 20.2 Å². The third-order valence-electron chi connectivity index (χ3n) is 2.75. The first kappa shape index (κ1) is 14.8. The van der Waals surface area contributed by atoms with Crippen molar-refractivity contribution in [1.82, 2.24) is 0 Å². The summed E-state index contributed by atoms with van der Waals surface area (Å²) in [6, 6.07) is 4.20. The Hall–Kier alpha value is -1.59. The van der Waals surface area contributed by atoms with Crippen LogP contribution in [0, 0.1) is 23.3 Å². The Kier molecular flexibility index (Phi) is 4.30. The van der Waals surface area contributed by atoms with Gasteiger partial charge in [0.15, 0.2) is 0 Å². The molecular formula is C14H9ClF4O. The quantitative estimate of drug-likeness (QED) is 0.666. The summed E-state index contributed by atoms with van der Waals surface area (Å²) >= 11 is 5.40. The molecule has 0 aliphatic carbocycles. The van der Waals surface area contributed by atoms with Crippen molar-refractivity contribution in [3.05, 3.63) is 69.8 Å². The summed E-state index contributed by atoms with van der Waals surface area (Å²) in [4.78, 5) is 0. The van der Waals surface area contributed by atoms with Gasteiger partial charge in [-0.25, -0.2) is 17.6 Å². The summed E-state index contributed by atoms with van der Waals surface area (Å²) < 4.78 is 52.8. The molecule has 0 spiro atoms. The fourth-order valence-corrected chi connectivity index (χ4v) is 2.01. The number of rotatable bonds is 3. The zero-order valence-electron chi connectivity index (χ0n) is 10.0. The van der Waals surface area contributed by atoms with E-state index in [4.69, 9.17) is 11.6 Å². The van der Waals surface area contributed by atoms with E-state index in [2.05, 4.69) is 0 Å². The summed E-state index contributed by atoms with van der Waals surface area (Å²) in [6.07, 6.45) is -1.70. The number of benzene rings is 2. The molecule has 0 fully saturated rings. The third-order valence-corrected chi connectivity index (χ3v) is 3.04. The van der Waals surface area contributed by atoms with Crippen LogP contribution in [0.3, 0.4) is 0 Å². The summed E-state index contributed by atoms with van der Waals surface area (Å²) in [5.74, 6) is -3.39. The van der Waals surface area contributed by atoms with Crippen LogP contribution in [0.5, 0.6) is 0 Å². The van der Waals surface area contributed by atoms with Crippen molar-refractivity contribution >= 4 is 11.6 Å². The minimum absolute atomic E-state index is 0.129. The molecule has 0 saturated heterocycles. The molecule has 1 unspecified atom stereocenters. The summed E-state index contributed by atoms with van der Waals surface area (Å²) in [7, 11) is 0. The predicted octanol–water partition coefficient (Wildman–Crippen LogP) is 4.17. The molecule has 2 aromatic carbocycles. The van der Waals surface area contributed by atoms with Crippen LogP contribution >= 0.6 is 11.6 Å². The number of halogens is 5. The van der Waals surface area contributed by atoms with Crippen molar-refractivity contribution in [2.24, 2.45) is 0 Å². The van der Waals surface area contributed by atoms with Gasteiger partial charge >= 0.3 is 0 Å². The Morgan fingerprint density at radius 2 is 1.50 bits per heavy atom. The standard InChI is InChI=1S/C14H9ClF4O/c15-11-6-12(18)10(5-13(11)19)14(20)3-7-1-8(16)4-9(17)2-7/h1-2,4-6,14,20H,3H2. The zero-order chi connectivity index (χ0) is 14.9. The lowest BCUT2D eigenvalue weighted by molar-refractivity contribution is 0.173. The molecule has 0 aromatic heterocycles. The zero-order valence-corrected chi connectivity index (χ0v) is 10.8. The maximum absolute atomic E-state index is 13.6. The molecular weight excluding hydrogens is 296 g/mol. The van der Waals surface area contributed by atoms with E-state index in [0.29, 0.717) is 6.07 Å². The fraction of sp³-hybridized carbons (Fsp3) is 0.143. The summed E-state index contributed by atoms with van der Waals surface area (Å²) in [5, 5.41) is 9.45. The van der Waals surface area contributed by atoms with Crippen molar-refractivity contribution in [2.75, 3.05) is 0 Å². The molecule has 20 heavy (non-hydrogen) atoms. The summed E-state index contributed by atoms with van der Waals surface area (Å²) in [6.45, 7) is 0. The number of aliphatic hydroxyl groups excluding tert-OH is 1. The average molecular weight is 305 g/mol. The van der Waals surface area contributed by atoms with Gasteiger partial charge in [0.1, 0.15) is 23.3 Å². The van der Waals surface area contributed by atoms with Crippen LogP contribution < -0.4 is 0 Å². The van der Waals surface area contributed by atoms with Crippen LogP contribution in [-0.4, -0.2) is 5.11 Å². The van der Waals surface area contributed by atoms with Crippen LogP contribution in [0.4, 0.5) is 17.6 Å². The molecule has 0 aliphatic rings. The maximum atomic E-state index is 13.6. The first-order valence-corrected chi connectivity index (χ1v) is 6.02. The van der Waals surface area contributed by atoms with E-state index in [1.54, 1.807) is 0 Å². The molecule has 0 bridgehead atoms. The second-order valence-corrected chi connectivity index (χ2v) is 4.69. The van der Waals surface area contributed by atoms with Crippen LogP contribution in [0.1, 0.15) is 17.2 Å². The smallest absolute Gasteiger partial charge is 0.142 e. The van der Waals surface area contributed by atoms with Gasteiger partial charge in [-0.1, -0.05) is 11.6 Å². The number of aliphatic hydroxyl groups is 1. The van der Waals surface area contributed by atoms with E-state index in [9.17, 15) is 22.7 Å². The molecule has 6 heteroatoms. The molecule has 1 atom stereocenters. The second-order valence-electron chi connectivity index (χ2n) is 4.29. The van der Waals surface area contributed by atoms with Crippen LogP contribution in [0.15, 0.2) is 30.3 Å². The van der Waals surface area contributed by atoms with Gasteiger partial charge in [0.05, 0.1) is 11.1 Å². The minimum atomic E-state index is -1.44. The molecule has 106 valence electrons. The number of hydrogen-bond donors (Lipinski definition) is 1. The highest BCUT2D eigenvalue weighted by molar-refractivity contribution is 6.30. The maximum Gasteiger partial charge on any atom is 0.142 e. The molecule has 0 saturated carbocycles. The highest BCUT2D eigenvalue weighted by Gasteiger charge is 2.17. The molecule has 0 amide bonds. The molecule has 1 N–H and O–H groups in total. The van der Waals surface area contributed by atoms with Gasteiger partial charge in [-0.15, -0.1) is 0 Å². The molecule has 2 rings (SSSR count). The molecule has 1 nitrogen and oxygen atoms in total. The Labute approximate surface area is 117 Å². The van der Waals surface area contributed by atoms with Crippen LogP contribution in [-0.2, 0) is 6.42 Å². The van der Waals surface area contributed by atoms with E-state index in [1.807, 2.05) is 0 Å². The van der Waals surface area contributed by atoms with E-state index < -0.39 is 34.4 Å². The lowest BCUT2D eigenvalue weighted by atomic mass is 10.0. The van der Waals surface area contributed by atoms with E-state index >= 15 is 0 Å². The minimum Gasteiger partial charge on any atom is -0.388 e. The lowest BCUT2D eigenvalue weighted by Gasteiger charge is -2.13. The monoisotopic (exact) mass is 304 g/mol. The highest BCUT2D eigenvalue weighted by Crippen LogP contribution is 2.26. The van der Waals surface area contributed by atoms with E-state index in [0.717, 1.165) is 24.3 Å². The van der Waals surface area contributed by atoms with Gasteiger partial charge in [0.2, 0.25) is 0 Å². The van der Waals surface area contributed by atoms with Crippen LogP contribution in [0.2, 0.25) is 5.02 Å². The number of hydrogen-bond acceptors (Lipinski definition) is 1. The van der Waals surface area contributed by atoms with Crippen LogP contribution in [0.25, 0.3) is 0 Å². The Morgan fingerprint density at radius 3 is 2.10 bits per heavy atom. The van der Waals surface area contributed by atoms with Gasteiger partial charge in [-0.05, 0) is 29.8 Å². The Morgan fingerprint density at radius 1 is 0.900 bits per heavy atom. The molecule has 0 heterocycles. The van der Waals surface area contributed by atoms with Gasteiger partial charge in [-0.3, -0.25) is 0 Å². The third kappa shape index (κ3) is 3.29. The highest BCUT2D eigenvalue weighted by atomic mass is 35.5. The molecule has 0 radical (unpaired) electrons. The first-order valence-electron chi connectivity index (χ1n) is 5.64. The van der Waals surface area contributed by atoms with Crippen molar-refractivity contribution in [3.8, 4) is 0 Å². The van der Waals surface area contributed by atoms with Crippen molar-refractivity contribution in [1.29, 1.82) is 0 Å². The lowest BCUT2D eigenvalue weighted by Crippen LogP contribution is -2.06. The molecule has 2 aromatic rings. The first-order chi connectivity index (χ1) is 9.36. The Bertz CT molecular complexity index is 625. The normalized spacial score (nSPS) is 12.5. The van der Waals surface area contributed by atoms with Crippen molar-refractivity contribution < 1.29 is 22.7 Å². The predicted molar refractivity (Wildman–Crippen MR) is 66.4 cm³/mol. The van der Waals surface area contributed by atoms with E-state index in [1.165, 1.54) is 0 Å². The second kappa shape index (κ2) is 5.81.